The second-order valence-electron chi connectivity index (χ2n) is 8.07. The SMILES string of the molecule is N=[N+]1[N-]C(Cl)N(Nc2cc3c(O)c(CCc4ccccc4S(=O)(=O)O)c(S(=O)(=O)O)cc3cc2S(=O)(=O)O)[N-]1. The molecule has 16 nitrogen and oxygen atoms in total. The molecule has 0 spiro atoms. The highest BCUT2D eigenvalue weighted by molar-refractivity contribution is 7.86. The van der Waals surface area contributed by atoms with E-state index in [1.165, 1.54) is 18.2 Å². The number of alkyl halides is 1. The Balaban J connectivity index is 1.89. The Morgan fingerprint density at radius 1 is 0.923 bits per heavy atom. The summed E-state index contributed by atoms with van der Waals surface area (Å²) in [4.78, 5) is -1.72. The monoisotopic (exact) mass is 621 g/mol. The van der Waals surface area contributed by atoms with E-state index in [0.29, 0.717) is 4.92 Å². The maximum Gasteiger partial charge on any atom is 0.296 e. The molecule has 1 atom stereocenters. The molecule has 39 heavy (non-hydrogen) atoms. The van der Waals surface area contributed by atoms with Crippen molar-refractivity contribution in [2.75, 3.05) is 5.43 Å². The lowest BCUT2D eigenvalue weighted by atomic mass is 9.99. The first-order valence-electron chi connectivity index (χ1n) is 10.4. The maximum atomic E-state index is 12.2. The van der Waals surface area contributed by atoms with Crippen molar-refractivity contribution >= 4 is 58.4 Å². The summed E-state index contributed by atoms with van der Waals surface area (Å²) in [7, 11) is -14.6. The van der Waals surface area contributed by atoms with Crippen molar-refractivity contribution in [1.82, 2.24) is 5.12 Å². The molecule has 0 aliphatic carbocycles. The Morgan fingerprint density at radius 3 is 2.08 bits per heavy atom. The first-order chi connectivity index (χ1) is 18.0. The number of fused-ring (bicyclic) bond motifs is 1. The first kappa shape index (κ1) is 28.7. The molecule has 210 valence electrons. The van der Waals surface area contributed by atoms with Crippen LogP contribution in [0.25, 0.3) is 21.7 Å². The third-order valence-electron chi connectivity index (χ3n) is 5.55. The van der Waals surface area contributed by atoms with Crippen molar-refractivity contribution in [3.8, 4) is 5.75 Å². The zero-order valence-corrected chi connectivity index (χ0v) is 22.4. The molecule has 0 bridgehead atoms. The molecule has 20 heteroatoms. The predicted molar refractivity (Wildman–Crippen MR) is 134 cm³/mol. The summed E-state index contributed by atoms with van der Waals surface area (Å²) in [5.74, 6) is -0.720. The van der Waals surface area contributed by atoms with Gasteiger partial charge in [-0.05, 0) is 48.1 Å². The van der Waals surface area contributed by atoms with Crippen LogP contribution >= 0.6 is 11.6 Å². The molecule has 0 amide bonds. The summed E-state index contributed by atoms with van der Waals surface area (Å²) in [5.41, 5.74) is 14.9. The zero-order chi connectivity index (χ0) is 28.9. The topological polar surface area (TPSA) is 254 Å². The number of hydrogen-bond donors (Lipinski definition) is 6. The van der Waals surface area contributed by atoms with Crippen molar-refractivity contribution in [1.29, 1.82) is 5.53 Å². The van der Waals surface area contributed by atoms with Crippen molar-refractivity contribution in [2.24, 2.45) is 0 Å². The molecule has 1 aliphatic heterocycles. The van der Waals surface area contributed by atoms with E-state index < -0.39 is 62.1 Å². The van der Waals surface area contributed by atoms with Gasteiger partial charge in [-0.3, -0.25) is 19.1 Å². The van der Waals surface area contributed by atoms with Crippen LogP contribution in [-0.4, -0.2) is 59.7 Å². The van der Waals surface area contributed by atoms with E-state index in [-0.39, 0.29) is 34.7 Å². The molecule has 0 aromatic heterocycles. The molecule has 4 rings (SSSR count). The van der Waals surface area contributed by atoms with Crippen LogP contribution in [-0.2, 0) is 43.2 Å². The predicted octanol–water partition coefficient (Wildman–Crippen LogP) is 2.77. The van der Waals surface area contributed by atoms with E-state index in [1.807, 2.05) is 0 Å². The van der Waals surface area contributed by atoms with Gasteiger partial charge in [0.25, 0.3) is 30.4 Å². The molecule has 1 aliphatic rings. The van der Waals surface area contributed by atoms with E-state index in [0.717, 1.165) is 29.4 Å². The van der Waals surface area contributed by atoms with E-state index in [2.05, 4.69) is 16.4 Å². The van der Waals surface area contributed by atoms with Gasteiger partial charge in [-0.15, -0.1) is 11.6 Å². The van der Waals surface area contributed by atoms with Gasteiger partial charge in [0.1, 0.15) is 21.2 Å². The minimum Gasteiger partial charge on any atom is -0.507 e. The van der Waals surface area contributed by atoms with Crippen molar-refractivity contribution < 1.29 is 48.9 Å². The minimum atomic E-state index is -5.02. The van der Waals surface area contributed by atoms with Crippen molar-refractivity contribution in [3.63, 3.8) is 0 Å². The van der Waals surface area contributed by atoms with Crippen LogP contribution in [0.5, 0.6) is 5.75 Å². The molecule has 3 aromatic rings. The smallest absolute Gasteiger partial charge is 0.296 e. The Morgan fingerprint density at radius 2 is 1.51 bits per heavy atom. The average molecular weight is 622 g/mol. The van der Waals surface area contributed by atoms with E-state index in [1.54, 1.807) is 0 Å². The number of phenolic OH excluding ortho intramolecular Hbond substituents is 1. The fourth-order valence-corrected chi connectivity index (χ4v) is 6.28. The molecule has 3 aromatic carbocycles. The highest BCUT2D eigenvalue weighted by atomic mass is 35.5. The number of nitrogens with one attached hydrogen (secondary N) is 2. The Bertz CT molecular complexity index is 1830. The molecule has 6 N–H and O–H groups in total. The number of rotatable bonds is 8. The van der Waals surface area contributed by atoms with Crippen LogP contribution < -0.4 is 5.43 Å². The third kappa shape index (κ3) is 5.99. The summed E-state index contributed by atoms with van der Waals surface area (Å²) in [6, 6.07) is 8.00. The third-order valence-corrected chi connectivity index (χ3v) is 8.59. The Hall–Kier alpha value is -3.30. The zero-order valence-electron chi connectivity index (χ0n) is 19.2. The van der Waals surface area contributed by atoms with Gasteiger partial charge in [-0.25, -0.2) is 0 Å². The molecule has 1 fully saturated rings. The van der Waals surface area contributed by atoms with Crippen LogP contribution in [0, 0.1) is 5.53 Å². The summed E-state index contributed by atoms with van der Waals surface area (Å²) >= 11 is 5.90. The number of phenols is 1. The van der Waals surface area contributed by atoms with Gasteiger partial charge >= 0.3 is 0 Å². The number of benzene rings is 3. The second-order valence-corrected chi connectivity index (χ2v) is 12.6. The van der Waals surface area contributed by atoms with E-state index >= 15 is 0 Å². The van der Waals surface area contributed by atoms with Crippen LogP contribution in [0.4, 0.5) is 5.69 Å². The van der Waals surface area contributed by atoms with E-state index in [4.69, 9.17) is 17.1 Å². The molecular formula is C19H18ClN6O10S3-. The van der Waals surface area contributed by atoms with E-state index in [9.17, 15) is 44.0 Å². The number of aryl methyl sites for hydroxylation is 1. The van der Waals surface area contributed by atoms with Gasteiger partial charge in [-0.1, -0.05) is 18.2 Å². The summed E-state index contributed by atoms with van der Waals surface area (Å²) < 4.78 is 101. The fourth-order valence-electron chi connectivity index (χ4n) is 3.92. The number of aromatic hydroxyl groups is 1. The van der Waals surface area contributed by atoms with Gasteiger partial charge in [0, 0.05) is 10.9 Å². The fraction of sp³-hybridized carbons (Fsp3) is 0.158. The lowest BCUT2D eigenvalue weighted by Crippen LogP contribution is -2.28. The summed E-state index contributed by atoms with van der Waals surface area (Å²) in [6.07, 6.45) is -0.572. The average Bonchev–Trinajstić information content (AvgIpc) is 3.12. The van der Waals surface area contributed by atoms with Gasteiger partial charge in [0.2, 0.25) is 0 Å². The molecule has 0 radical (unpaired) electrons. The summed E-state index contributed by atoms with van der Waals surface area (Å²) in [6.45, 7) is 0. The van der Waals surface area contributed by atoms with Crippen LogP contribution in [0.1, 0.15) is 11.1 Å². The quantitative estimate of drug-likeness (QED) is 0.0918. The van der Waals surface area contributed by atoms with Crippen LogP contribution in [0.3, 0.4) is 0 Å². The highest BCUT2D eigenvalue weighted by Gasteiger charge is 2.27. The number of anilines is 1. The molecule has 1 heterocycles. The molecule has 0 saturated carbocycles. The van der Waals surface area contributed by atoms with Crippen LogP contribution in [0.2, 0.25) is 0 Å². The van der Waals surface area contributed by atoms with Crippen molar-refractivity contribution in [2.45, 2.75) is 33.2 Å². The largest absolute Gasteiger partial charge is 0.507 e. The van der Waals surface area contributed by atoms with Gasteiger partial charge in [0.15, 0.2) is 0 Å². The van der Waals surface area contributed by atoms with Crippen LogP contribution in [0.15, 0.2) is 57.2 Å². The minimum absolute atomic E-state index is 0.0809. The first-order valence-corrected chi connectivity index (χ1v) is 15.2. The van der Waals surface area contributed by atoms with Gasteiger partial charge in [-0.2, -0.15) is 40.8 Å². The number of hydrogen-bond acceptors (Lipinski definition) is 10. The summed E-state index contributed by atoms with van der Waals surface area (Å²) in [5, 5.41) is 11.4. The number of hydrazine groups is 1. The van der Waals surface area contributed by atoms with Gasteiger partial charge < -0.3 is 16.1 Å². The molecular weight excluding hydrogens is 604 g/mol. The second kappa shape index (κ2) is 10.0. The molecule has 1 saturated heterocycles. The number of nitrogens with zero attached hydrogens (tertiary/aromatic N) is 4. The van der Waals surface area contributed by atoms with Gasteiger partial charge in [0.05, 0.1) is 10.6 Å². The lowest BCUT2D eigenvalue weighted by Gasteiger charge is -2.24. The normalized spacial score (nSPS) is 16.7. The highest BCUT2D eigenvalue weighted by Crippen LogP contribution is 2.40. The Kier molecular flexibility index (Phi) is 7.38. The Labute approximate surface area is 226 Å². The maximum absolute atomic E-state index is 12.2. The number of halogens is 1. The lowest BCUT2D eigenvalue weighted by molar-refractivity contribution is -0.518. The molecule has 1 unspecified atom stereocenters. The standard InChI is InChI=1S/C19H18ClN6O10S3/c20-19-23-26(21)24-25(19)22-14-9-13-11(8-17(14)39(34,35)36)7-16(38(31,32)33)12(18(13)27)6-5-10-3-1-2-4-15(10)37(28,29)30/h1-4,7-9,19H,5-6H2,(H6-2,21,22,23,24,27,28,29,30,31,32,33,34,35,36)/q-1. The van der Waals surface area contributed by atoms with Crippen molar-refractivity contribution in [3.05, 3.63) is 64.6 Å².